The number of anilines is 1. The van der Waals surface area contributed by atoms with Gasteiger partial charge in [0, 0.05) is 13.0 Å². The fourth-order valence-electron chi connectivity index (χ4n) is 2.61. The molecule has 26 heavy (non-hydrogen) atoms. The summed E-state index contributed by atoms with van der Waals surface area (Å²) in [5.41, 5.74) is 1.95. The van der Waals surface area contributed by atoms with Gasteiger partial charge in [-0.25, -0.2) is 14.5 Å². The molecule has 1 fully saturated rings. The fourth-order valence-corrected chi connectivity index (χ4v) is 3.51. The summed E-state index contributed by atoms with van der Waals surface area (Å²) >= 11 is 1.46. The Morgan fingerprint density at radius 2 is 2.08 bits per heavy atom. The van der Waals surface area contributed by atoms with E-state index in [1.54, 1.807) is 23.0 Å². The van der Waals surface area contributed by atoms with Gasteiger partial charge in [-0.05, 0) is 37.5 Å². The Kier molecular flexibility index (Phi) is 4.37. The number of hydrogen-bond acceptors (Lipinski definition) is 6. The second-order valence-electron chi connectivity index (χ2n) is 6.37. The highest BCUT2D eigenvalue weighted by atomic mass is 32.1. The number of carbonyl (C=O) groups excluding carboxylic acids is 1. The number of amides is 2. The van der Waals surface area contributed by atoms with E-state index in [1.165, 1.54) is 30.5 Å². The molecule has 0 saturated heterocycles. The van der Waals surface area contributed by atoms with Gasteiger partial charge in [-0.15, -0.1) is 10.2 Å². The maximum atomic E-state index is 12.5. The SMILES string of the molecule is C[C@@H](c1ccc(-n2cncn2)cc1)N(C)C(=O)Nc1nnc(C2CC2)s1. The number of carbonyl (C=O) groups is 1. The number of nitrogens with zero attached hydrogens (tertiary/aromatic N) is 6. The van der Waals surface area contributed by atoms with Crippen molar-refractivity contribution in [1.29, 1.82) is 0 Å². The minimum Gasteiger partial charge on any atom is -0.321 e. The Bertz CT molecular complexity index is 886. The molecule has 1 aromatic carbocycles. The van der Waals surface area contributed by atoms with Crippen LogP contribution in [0.3, 0.4) is 0 Å². The third kappa shape index (κ3) is 3.43. The molecule has 4 rings (SSSR count). The van der Waals surface area contributed by atoms with Gasteiger partial charge in [0.25, 0.3) is 0 Å². The summed E-state index contributed by atoms with van der Waals surface area (Å²) in [5.74, 6) is 0.540. The zero-order valence-electron chi connectivity index (χ0n) is 14.5. The second kappa shape index (κ2) is 6.83. The van der Waals surface area contributed by atoms with Crippen molar-refractivity contribution < 1.29 is 4.79 Å². The van der Waals surface area contributed by atoms with Gasteiger partial charge in [0.15, 0.2) is 0 Å². The summed E-state index contributed by atoms with van der Waals surface area (Å²) in [6.45, 7) is 1.99. The van der Waals surface area contributed by atoms with Gasteiger partial charge < -0.3 is 4.90 Å². The highest BCUT2D eigenvalue weighted by molar-refractivity contribution is 7.15. The molecule has 1 aliphatic carbocycles. The van der Waals surface area contributed by atoms with Gasteiger partial charge in [0.2, 0.25) is 5.13 Å². The van der Waals surface area contributed by atoms with Gasteiger partial charge in [0.05, 0.1) is 11.7 Å². The van der Waals surface area contributed by atoms with Crippen molar-refractivity contribution in [2.24, 2.45) is 0 Å². The minimum atomic E-state index is -0.198. The molecule has 0 bridgehead atoms. The Morgan fingerprint density at radius 1 is 1.31 bits per heavy atom. The van der Waals surface area contributed by atoms with Crippen LogP contribution in [0.5, 0.6) is 0 Å². The monoisotopic (exact) mass is 369 g/mol. The third-order valence-corrected chi connectivity index (χ3v) is 5.54. The van der Waals surface area contributed by atoms with Crippen LogP contribution in [0.2, 0.25) is 0 Å². The first-order valence-electron chi connectivity index (χ1n) is 8.44. The van der Waals surface area contributed by atoms with Crippen LogP contribution >= 0.6 is 11.3 Å². The summed E-state index contributed by atoms with van der Waals surface area (Å²) < 4.78 is 1.69. The molecule has 0 unspecified atom stereocenters. The predicted molar refractivity (Wildman–Crippen MR) is 98.4 cm³/mol. The minimum absolute atomic E-state index is 0.0874. The van der Waals surface area contributed by atoms with E-state index >= 15 is 0 Å². The second-order valence-corrected chi connectivity index (χ2v) is 7.38. The van der Waals surface area contributed by atoms with Gasteiger partial charge in [-0.3, -0.25) is 5.32 Å². The molecule has 8 nitrogen and oxygen atoms in total. The van der Waals surface area contributed by atoms with Crippen LogP contribution in [0.25, 0.3) is 5.69 Å². The molecule has 2 aromatic heterocycles. The van der Waals surface area contributed by atoms with Gasteiger partial charge in [-0.2, -0.15) is 5.10 Å². The average molecular weight is 369 g/mol. The third-order valence-electron chi connectivity index (χ3n) is 4.54. The van der Waals surface area contributed by atoms with Crippen molar-refractivity contribution in [1.82, 2.24) is 29.9 Å². The van der Waals surface area contributed by atoms with Crippen molar-refractivity contribution in [3.05, 3.63) is 47.5 Å². The van der Waals surface area contributed by atoms with Gasteiger partial charge in [-0.1, -0.05) is 23.5 Å². The fraction of sp³-hybridized carbons (Fsp3) is 0.353. The Labute approximate surface area is 154 Å². The van der Waals surface area contributed by atoms with Crippen molar-refractivity contribution >= 4 is 22.5 Å². The summed E-state index contributed by atoms with van der Waals surface area (Å²) in [7, 11) is 1.77. The van der Waals surface area contributed by atoms with E-state index in [-0.39, 0.29) is 12.1 Å². The summed E-state index contributed by atoms with van der Waals surface area (Å²) in [5, 5.41) is 16.7. The lowest BCUT2D eigenvalue weighted by Gasteiger charge is -2.25. The topological polar surface area (TPSA) is 88.8 Å². The van der Waals surface area contributed by atoms with Crippen LogP contribution in [-0.2, 0) is 0 Å². The van der Waals surface area contributed by atoms with Crippen molar-refractivity contribution in [2.45, 2.75) is 31.7 Å². The Hall–Kier alpha value is -2.81. The molecule has 1 N–H and O–H groups in total. The van der Waals surface area contributed by atoms with Crippen LogP contribution in [0.15, 0.2) is 36.9 Å². The van der Waals surface area contributed by atoms with Crippen LogP contribution in [-0.4, -0.2) is 42.9 Å². The van der Waals surface area contributed by atoms with E-state index in [9.17, 15) is 4.79 Å². The lowest BCUT2D eigenvalue weighted by atomic mass is 10.1. The first kappa shape index (κ1) is 16.6. The van der Waals surface area contributed by atoms with E-state index in [0.717, 1.165) is 16.3 Å². The molecular formula is C17H19N7OS. The average Bonchev–Trinajstić information content (AvgIpc) is 3.17. The maximum absolute atomic E-state index is 12.5. The molecular weight excluding hydrogens is 350 g/mol. The number of aromatic nitrogens is 5. The van der Waals surface area contributed by atoms with Crippen molar-refractivity contribution in [2.75, 3.05) is 12.4 Å². The molecule has 0 radical (unpaired) electrons. The lowest BCUT2D eigenvalue weighted by Crippen LogP contribution is -2.33. The van der Waals surface area contributed by atoms with E-state index in [0.29, 0.717) is 11.0 Å². The van der Waals surface area contributed by atoms with Crippen molar-refractivity contribution in [3.63, 3.8) is 0 Å². The predicted octanol–water partition coefficient (Wildman–Crippen LogP) is 3.22. The molecule has 2 heterocycles. The summed E-state index contributed by atoms with van der Waals surface area (Å²) in [6, 6.07) is 7.60. The van der Waals surface area contributed by atoms with Crippen LogP contribution in [0.1, 0.15) is 42.3 Å². The van der Waals surface area contributed by atoms with E-state index in [4.69, 9.17) is 0 Å². The largest absolute Gasteiger partial charge is 0.323 e. The first-order chi connectivity index (χ1) is 12.6. The zero-order chi connectivity index (χ0) is 18.1. The number of hydrogen-bond donors (Lipinski definition) is 1. The molecule has 3 aromatic rings. The molecule has 0 aliphatic heterocycles. The maximum Gasteiger partial charge on any atom is 0.323 e. The lowest BCUT2D eigenvalue weighted by molar-refractivity contribution is 0.208. The smallest absolute Gasteiger partial charge is 0.321 e. The number of nitrogens with one attached hydrogen (secondary N) is 1. The number of urea groups is 1. The zero-order valence-corrected chi connectivity index (χ0v) is 15.3. The van der Waals surface area contributed by atoms with Crippen LogP contribution in [0, 0.1) is 0 Å². The number of benzene rings is 1. The molecule has 1 atom stereocenters. The molecule has 2 amide bonds. The van der Waals surface area contributed by atoms with E-state index < -0.39 is 0 Å². The molecule has 1 saturated carbocycles. The van der Waals surface area contributed by atoms with Crippen LogP contribution < -0.4 is 5.32 Å². The van der Waals surface area contributed by atoms with Gasteiger partial charge in [0.1, 0.15) is 17.7 Å². The summed E-state index contributed by atoms with van der Waals surface area (Å²) in [6.07, 6.45) is 5.49. The Balaban J connectivity index is 1.41. The van der Waals surface area contributed by atoms with Crippen LogP contribution in [0.4, 0.5) is 9.93 Å². The van der Waals surface area contributed by atoms with Crippen molar-refractivity contribution in [3.8, 4) is 5.69 Å². The highest BCUT2D eigenvalue weighted by Gasteiger charge is 2.28. The van der Waals surface area contributed by atoms with Gasteiger partial charge >= 0.3 is 6.03 Å². The highest BCUT2D eigenvalue weighted by Crippen LogP contribution is 2.42. The van der Waals surface area contributed by atoms with E-state index in [1.807, 2.05) is 31.2 Å². The molecule has 9 heteroatoms. The summed E-state index contributed by atoms with van der Waals surface area (Å²) in [4.78, 5) is 18.1. The standard InChI is InChI=1S/C17H19N7OS/c1-11(12-5-7-14(8-6-12)24-10-18-9-19-24)23(2)17(25)20-16-22-21-15(26-16)13-3-4-13/h5-11,13H,3-4H2,1-2H3,(H,20,22,25)/t11-/m0/s1. The van der Waals surface area contributed by atoms with E-state index in [2.05, 4.69) is 25.6 Å². The quantitative estimate of drug-likeness (QED) is 0.746. The molecule has 1 aliphatic rings. The number of rotatable bonds is 5. The normalized spacial score (nSPS) is 14.8. The first-order valence-corrected chi connectivity index (χ1v) is 9.25. The molecule has 0 spiro atoms. The Morgan fingerprint density at radius 3 is 2.73 bits per heavy atom. The molecule has 134 valence electrons.